The molecular weight excluding hydrogens is 342 g/mol. The third-order valence-electron chi connectivity index (χ3n) is 2.64. The van der Waals surface area contributed by atoms with Crippen LogP contribution in [0.3, 0.4) is 0 Å². The van der Waals surface area contributed by atoms with Gasteiger partial charge in [-0.3, -0.25) is 0 Å². The Kier molecular flexibility index (Phi) is 5.14. The number of nitrogens with one attached hydrogen (secondary N) is 1. The molecule has 5 nitrogen and oxygen atoms in total. The molecule has 106 valence electrons. The van der Waals surface area contributed by atoms with E-state index in [9.17, 15) is 0 Å². The van der Waals surface area contributed by atoms with Gasteiger partial charge in [0, 0.05) is 24.6 Å². The first kappa shape index (κ1) is 15.0. The highest BCUT2D eigenvalue weighted by Crippen LogP contribution is 2.20. The molecule has 0 radical (unpaired) electrons. The predicted octanol–water partition coefficient (Wildman–Crippen LogP) is 3.36. The summed E-state index contributed by atoms with van der Waals surface area (Å²) >= 11 is 9.46. The van der Waals surface area contributed by atoms with E-state index in [4.69, 9.17) is 11.6 Å². The third-order valence-corrected chi connectivity index (χ3v) is 3.58. The van der Waals surface area contributed by atoms with Crippen LogP contribution in [0.2, 0.25) is 5.28 Å². The predicted molar refractivity (Wildman–Crippen MR) is 85.2 cm³/mol. The number of benzene rings is 1. The largest absolute Gasteiger partial charge is 0.354 e. The Morgan fingerprint density at radius 3 is 2.70 bits per heavy atom. The minimum absolute atomic E-state index is 0.185. The van der Waals surface area contributed by atoms with Crippen LogP contribution in [0, 0.1) is 0 Å². The zero-order valence-corrected chi connectivity index (χ0v) is 13.6. The molecule has 0 saturated heterocycles. The highest BCUT2D eigenvalue weighted by atomic mass is 79.9. The van der Waals surface area contributed by atoms with Crippen LogP contribution in [-0.4, -0.2) is 28.5 Å². The second kappa shape index (κ2) is 6.85. The first-order chi connectivity index (χ1) is 9.60. The van der Waals surface area contributed by atoms with Crippen molar-refractivity contribution in [2.75, 3.05) is 23.8 Å². The first-order valence-corrected chi connectivity index (χ1v) is 7.37. The highest BCUT2D eigenvalue weighted by molar-refractivity contribution is 9.10. The van der Waals surface area contributed by atoms with Gasteiger partial charge in [-0.25, -0.2) is 0 Å². The van der Waals surface area contributed by atoms with Gasteiger partial charge in [0.2, 0.25) is 17.2 Å². The van der Waals surface area contributed by atoms with Crippen molar-refractivity contribution < 1.29 is 0 Å². The Morgan fingerprint density at radius 1 is 1.25 bits per heavy atom. The monoisotopic (exact) mass is 355 g/mol. The van der Waals surface area contributed by atoms with E-state index in [0.717, 1.165) is 16.6 Å². The van der Waals surface area contributed by atoms with Crippen LogP contribution in [0.15, 0.2) is 28.7 Å². The number of aromatic nitrogens is 3. The summed E-state index contributed by atoms with van der Waals surface area (Å²) in [5.41, 5.74) is 1.15. The SMILES string of the molecule is CCNc1nc(Cl)nc(N(C)Cc2ccccc2Br)n1. The summed E-state index contributed by atoms with van der Waals surface area (Å²) in [5, 5.41) is 3.22. The summed E-state index contributed by atoms with van der Waals surface area (Å²) in [7, 11) is 1.92. The van der Waals surface area contributed by atoms with E-state index < -0.39 is 0 Å². The lowest BCUT2D eigenvalue weighted by atomic mass is 10.2. The van der Waals surface area contributed by atoms with Gasteiger partial charge in [0.05, 0.1) is 0 Å². The molecule has 0 atom stereocenters. The van der Waals surface area contributed by atoms with Gasteiger partial charge in [-0.2, -0.15) is 15.0 Å². The van der Waals surface area contributed by atoms with Gasteiger partial charge >= 0.3 is 0 Å². The molecule has 0 aliphatic carbocycles. The van der Waals surface area contributed by atoms with Crippen molar-refractivity contribution in [1.82, 2.24) is 15.0 Å². The number of hydrogen-bond donors (Lipinski definition) is 1. The number of halogens is 2. The molecule has 0 aliphatic heterocycles. The summed E-state index contributed by atoms with van der Waals surface area (Å²) < 4.78 is 1.05. The number of nitrogens with zero attached hydrogens (tertiary/aromatic N) is 4. The van der Waals surface area contributed by atoms with E-state index in [1.807, 2.05) is 37.1 Å². The molecule has 0 bridgehead atoms. The normalized spacial score (nSPS) is 10.4. The molecule has 0 fully saturated rings. The Bertz CT molecular complexity index is 593. The lowest BCUT2D eigenvalue weighted by Crippen LogP contribution is -2.20. The van der Waals surface area contributed by atoms with Crippen LogP contribution < -0.4 is 10.2 Å². The van der Waals surface area contributed by atoms with Crippen molar-refractivity contribution in [3.8, 4) is 0 Å². The maximum absolute atomic E-state index is 5.93. The Labute approximate surface area is 131 Å². The van der Waals surface area contributed by atoms with Gasteiger partial charge in [0.25, 0.3) is 0 Å². The Morgan fingerprint density at radius 2 is 2.00 bits per heavy atom. The van der Waals surface area contributed by atoms with Gasteiger partial charge in [-0.05, 0) is 30.2 Å². The Hall–Kier alpha value is -1.40. The molecule has 0 unspecified atom stereocenters. The minimum atomic E-state index is 0.185. The van der Waals surface area contributed by atoms with E-state index in [2.05, 4.69) is 42.3 Å². The molecule has 0 spiro atoms. The van der Waals surface area contributed by atoms with Crippen LogP contribution >= 0.6 is 27.5 Å². The van der Waals surface area contributed by atoms with Crippen LogP contribution in [0.25, 0.3) is 0 Å². The molecule has 0 saturated carbocycles. The molecule has 1 aromatic heterocycles. The molecule has 0 aliphatic rings. The highest BCUT2D eigenvalue weighted by Gasteiger charge is 2.10. The first-order valence-electron chi connectivity index (χ1n) is 6.20. The molecule has 2 aromatic rings. The summed E-state index contributed by atoms with van der Waals surface area (Å²) in [5.74, 6) is 1.03. The lowest BCUT2D eigenvalue weighted by molar-refractivity contribution is 0.849. The van der Waals surface area contributed by atoms with Gasteiger partial charge in [0.15, 0.2) is 0 Å². The van der Waals surface area contributed by atoms with E-state index in [-0.39, 0.29) is 5.28 Å². The molecule has 0 amide bonds. The molecule has 1 heterocycles. The summed E-state index contributed by atoms with van der Waals surface area (Å²) in [6.45, 7) is 3.38. The van der Waals surface area contributed by atoms with Crippen molar-refractivity contribution >= 4 is 39.4 Å². The summed E-state index contributed by atoms with van der Waals surface area (Å²) in [4.78, 5) is 14.4. The summed E-state index contributed by atoms with van der Waals surface area (Å²) in [6.07, 6.45) is 0. The fourth-order valence-corrected chi connectivity index (χ4v) is 2.27. The van der Waals surface area contributed by atoms with Crippen molar-refractivity contribution in [1.29, 1.82) is 0 Å². The zero-order chi connectivity index (χ0) is 14.5. The van der Waals surface area contributed by atoms with Crippen LogP contribution in [0.4, 0.5) is 11.9 Å². The van der Waals surface area contributed by atoms with Gasteiger partial charge in [-0.15, -0.1) is 0 Å². The molecule has 1 aromatic carbocycles. The smallest absolute Gasteiger partial charge is 0.231 e. The molecule has 20 heavy (non-hydrogen) atoms. The van der Waals surface area contributed by atoms with Crippen LogP contribution in [0.1, 0.15) is 12.5 Å². The maximum atomic E-state index is 5.93. The second-order valence-corrected chi connectivity index (χ2v) is 5.40. The molecule has 7 heteroatoms. The fourth-order valence-electron chi connectivity index (χ4n) is 1.70. The van der Waals surface area contributed by atoms with E-state index >= 15 is 0 Å². The second-order valence-electron chi connectivity index (χ2n) is 4.21. The van der Waals surface area contributed by atoms with Crippen LogP contribution in [-0.2, 0) is 6.54 Å². The average Bonchev–Trinajstić information content (AvgIpc) is 2.41. The van der Waals surface area contributed by atoms with Crippen molar-refractivity contribution in [3.63, 3.8) is 0 Å². The zero-order valence-electron chi connectivity index (χ0n) is 11.3. The molecule has 1 N–H and O–H groups in total. The van der Waals surface area contributed by atoms with E-state index in [1.54, 1.807) is 0 Å². The maximum Gasteiger partial charge on any atom is 0.231 e. The van der Waals surface area contributed by atoms with Crippen LogP contribution in [0.5, 0.6) is 0 Å². The fraction of sp³-hybridized carbons (Fsp3) is 0.308. The molecular formula is C13H15BrClN5. The number of anilines is 2. The lowest BCUT2D eigenvalue weighted by Gasteiger charge is -2.18. The third kappa shape index (κ3) is 3.80. The molecule has 2 rings (SSSR count). The van der Waals surface area contributed by atoms with Gasteiger partial charge in [0.1, 0.15) is 0 Å². The number of hydrogen-bond acceptors (Lipinski definition) is 5. The topological polar surface area (TPSA) is 53.9 Å². The average molecular weight is 357 g/mol. The standard InChI is InChI=1S/C13H15BrClN5/c1-3-16-12-17-11(15)18-13(19-12)20(2)8-9-6-4-5-7-10(9)14/h4-7H,3,8H2,1-2H3,(H,16,17,18,19). The Balaban J connectivity index is 2.20. The van der Waals surface area contributed by atoms with Gasteiger partial charge < -0.3 is 10.2 Å². The van der Waals surface area contributed by atoms with Crippen molar-refractivity contribution in [2.24, 2.45) is 0 Å². The van der Waals surface area contributed by atoms with Crippen molar-refractivity contribution in [2.45, 2.75) is 13.5 Å². The van der Waals surface area contributed by atoms with Gasteiger partial charge in [-0.1, -0.05) is 34.1 Å². The summed E-state index contributed by atoms with van der Waals surface area (Å²) in [6, 6.07) is 8.04. The quantitative estimate of drug-likeness (QED) is 0.890. The van der Waals surface area contributed by atoms with Crippen molar-refractivity contribution in [3.05, 3.63) is 39.6 Å². The van der Waals surface area contributed by atoms with E-state index in [1.165, 1.54) is 0 Å². The number of rotatable bonds is 5. The van der Waals surface area contributed by atoms with E-state index in [0.29, 0.717) is 18.4 Å². The minimum Gasteiger partial charge on any atom is -0.354 e.